The summed E-state index contributed by atoms with van der Waals surface area (Å²) >= 11 is 0. The summed E-state index contributed by atoms with van der Waals surface area (Å²) in [6, 6.07) is 9.61. The number of phenols is 1. The van der Waals surface area contributed by atoms with E-state index in [2.05, 4.69) is 14.4 Å². The fraction of sp³-hybridized carbons (Fsp3) is 0.391. The van der Waals surface area contributed by atoms with Crippen molar-refractivity contribution in [1.82, 2.24) is 9.91 Å². The number of ether oxygens (including phenoxy) is 3. The lowest BCUT2D eigenvalue weighted by molar-refractivity contribution is 0.0368. The summed E-state index contributed by atoms with van der Waals surface area (Å²) in [4.78, 5) is 2.43. The molecule has 4 rings (SSSR count). The second-order valence-electron chi connectivity index (χ2n) is 7.86. The summed E-state index contributed by atoms with van der Waals surface area (Å²) in [7, 11) is -0.838. The number of rotatable bonds is 8. The first-order chi connectivity index (χ1) is 16.4. The normalized spacial score (nSPS) is 16.9. The number of phenolic OH excluding ortho intramolecular Hbond substituents is 1. The van der Waals surface area contributed by atoms with Crippen LogP contribution in [0.3, 0.4) is 0 Å². The second-order valence-corrected chi connectivity index (χ2v) is 9.43. The van der Waals surface area contributed by atoms with Crippen molar-refractivity contribution in [3.05, 3.63) is 47.5 Å². The minimum absolute atomic E-state index is 0. The molecule has 0 amide bonds. The van der Waals surface area contributed by atoms with Crippen LogP contribution in [0.15, 0.2) is 50.8 Å². The van der Waals surface area contributed by atoms with E-state index in [0.29, 0.717) is 42.4 Å². The van der Waals surface area contributed by atoms with Crippen molar-refractivity contribution >= 4 is 34.5 Å². The van der Waals surface area contributed by atoms with Crippen LogP contribution in [0.25, 0.3) is 0 Å². The van der Waals surface area contributed by atoms with Crippen molar-refractivity contribution in [3.8, 4) is 17.2 Å². The van der Waals surface area contributed by atoms with E-state index in [-0.39, 0.29) is 28.9 Å². The smallest absolute Gasteiger partial charge is 0.285 e. The van der Waals surface area contributed by atoms with Crippen LogP contribution < -0.4 is 9.47 Å². The number of hydrogen-bond acceptors (Lipinski definition) is 9. The number of halogens is 1. The van der Waals surface area contributed by atoms with Crippen LogP contribution in [-0.4, -0.2) is 89.1 Å². The van der Waals surface area contributed by atoms with Gasteiger partial charge in [0.25, 0.3) is 10.0 Å². The summed E-state index contributed by atoms with van der Waals surface area (Å²) < 4.78 is 45.3. The zero-order valence-electron chi connectivity index (χ0n) is 19.6. The maximum Gasteiger partial charge on any atom is 0.285 e. The highest BCUT2D eigenvalue weighted by Crippen LogP contribution is 2.31. The van der Waals surface area contributed by atoms with E-state index in [0.717, 1.165) is 26.1 Å². The Morgan fingerprint density at radius 1 is 1.17 bits per heavy atom. The lowest BCUT2D eigenvalue weighted by Crippen LogP contribution is -2.38. The Balaban J connectivity index is 0.00000342. The molecule has 2 aliphatic heterocycles. The van der Waals surface area contributed by atoms with Crippen molar-refractivity contribution in [2.75, 3.05) is 53.6 Å². The first-order valence-corrected chi connectivity index (χ1v) is 12.4. The number of sulfonamides is 1. The van der Waals surface area contributed by atoms with Crippen LogP contribution in [0.4, 0.5) is 0 Å². The predicted molar refractivity (Wildman–Crippen MR) is 135 cm³/mol. The molecule has 0 spiro atoms. The van der Waals surface area contributed by atoms with Gasteiger partial charge in [-0.1, -0.05) is 0 Å². The summed E-state index contributed by atoms with van der Waals surface area (Å²) in [5.41, 5.74) is 1.13. The zero-order chi connectivity index (χ0) is 24.1. The molecule has 0 saturated carbocycles. The third kappa shape index (κ3) is 6.23. The molecule has 2 aliphatic rings. The van der Waals surface area contributed by atoms with Crippen LogP contribution in [0.5, 0.6) is 17.2 Å². The van der Waals surface area contributed by atoms with Gasteiger partial charge in [0.1, 0.15) is 10.6 Å². The summed E-state index contributed by atoms with van der Waals surface area (Å²) in [5, 5.41) is 16.0. The molecule has 0 aliphatic carbocycles. The van der Waals surface area contributed by atoms with Gasteiger partial charge in [0.05, 0.1) is 33.6 Å². The number of aromatic hydroxyl groups is 1. The Labute approximate surface area is 211 Å². The molecule has 0 aromatic heterocycles. The van der Waals surface area contributed by atoms with Gasteiger partial charge in [-0.15, -0.1) is 16.8 Å². The quantitative estimate of drug-likeness (QED) is 0.413. The van der Waals surface area contributed by atoms with Crippen LogP contribution >= 0.6 is 12.4 Å². The van der Waals surface area contributed by atoms with Crippen molar-refractivity contribution in [2.45, 2.75) is 11.3 Å². The SMILES string of the molecule is COc1ccc2c(c1)C(N(CCCN1CCOCC1)/N=C/c1ccc(O)c(OC)c1)=NS2(=O)=O.Cl. The van der Waals surface area contributed by atoms with Gasteiger partial charge in [0.15, 0.2) is 17.3 Å². The average Bonchev–Trinajstić information content (AvgIpc) is 3.12. The summed E-state index contributed by atoms with van der Waals surface area (Å²) in [6.45, 7) is 4.44. The molecular formula is C23H29ClN4O6S. The first kappa shape index (κ1) is 26.7. The van der Waals surface area contributed by atoms with Gasteiger partial charge >= 0.3 is 0 Å². The first-order valence-electron chi connectivity index (χ1n) is 10.9. The molecule has 1 N–H and O–H groups in total. The third-order valence-corrected chi connectivity index (χ3v) is 6.98. The third-order valence-electron chi connectivity index (χ3n) is 5.65. The molecule has 190 valence electrons. The van der Waals surface area contributed by atoms with Crippen molar-refractivity contribution < 1.29 is 27.7 Å². The lowest BCUT2D eigenvalue weighted by atomic mass is 10.2. The number of hydrogen-bond donors (Lipinski definition) is 1. The van der Waals surface area contributed by atoms with Crippen LogP contribution in [0.2, 0.25) is 0 Å². The van der Waals surface area contributed by atoms with E-state index in [9.17, 15) is 13.5 Å². The number of amidine groups is 1. The second kappa shape index (κ2) is 11.7. The fourth-order valence-electron chi connectivity index (χ4n) is 3.83. The molecule has 0 bridgehead atoms. The number of methoxy groups -OCH3 is 2. The summed E-state index contributed by atoms with van der Waals surface area (Å²) in [5.74, 6) is 1.12. The van der Waals surface area contributed by atoms with Crippen molar-refractivity contribution in [2.24, 2.45) is 9.50 Å². The average molecular weight is 525 g/mol. The number of hydrazone groups is 1. The molecule has 12 heteroatoms. The lowest BCUT2D eigenvalue weighted by Gasteiger charge is -2.27. The largest absolute Gasteiger partial charge is 0.504 e. The van der Waals surface area contributed by atoms with Gasteiger partial charge in [-0.3, -0.25) is 4.90 Å². The van der Waals surface area contributed by atoms with Gasteiger partial charge in [-0.05, 0) is 48.4 Å². The minimum Gasteiger partial charge on any atom is -0.504 e. The Morgan fingerprint density at radius 2 is 1.94 bits per heavy atom. The maximum atomic E-state index is 12.7. The molecule has 10 nitrogen and oxygen atoms in total. The van der Waals surface area contributed by atoms with E-state index in [1.807, 2.05) is 0 Å². The molecule has 35 heavy (non-hydrogen) atoms. The number of morpholine rings is 1. The molecule has 0 radical (unpaired) electrons. The molecular weight excluding hydrogens is 496 g/mol. The Kier molecular flexibility index (Phi) is 8.95. The molecule has 2 heterocycles. The fourth-order valence-corrected chi connectivity index (χ4v) is 5.02. The van der Waals surface area contributed by atoms with E-state index in [1.54, 1.807) is 35.5 Å². The van der Waals surface area contributed by atoms with Crippen molar-refractivity contribution in [1.29, 1.82) is 0 Å². The maximum absolute atomic E-state index is 12.7. The van der Waals surface area contributed by atoms with Crippen LogP contribution in [0.1, 0.15) is 17.5 Å². The highest BCUT2D eigenvalue weighted by atomic mass is 35.5. The molecule has 0 atom stereocenters. The van der Waals surface area contributed by atoms with Gasteiger partial charge < -0.3 is 19.3 Å². The van der Waals surface area contributed by atoms with Gasteiger partial charge in [0, 0.05) is 31.7 Å². The number of fused-ring (bicyclic) bond motifs is 1. The minimum atomic E-state index is -3.83. The topological polar surface area (TPSA) is 113 Å². The Bertz CT molecular complexity index is 1200. The number of benzene rings is 2. The number of nitrogens with zero attached hydrogens (tertiary/aromatic N) is 4. The highest BCUT2D eigenvalue weighted by Gasteiger charge is 2.32. The molecule has 0 unspecified atom stereocenters. The molecule has 2 aromatic rings. The van der Waals surface area contributed by atoms with Crippen LogP contribution in [-0.2, 0) is 14.8 Å². The Hall–Kier alpha value is -2.86. The van der Waals surface area contributed by atoms with E-state index in [1.165, 1.54) is 26.4 Å². The highest BCUT2D eigenvalue weighted by molar-refractivity contribution is 7.90. The monoisotopic (exact) mass is 524 g/mol. The molecule has 2 aromatic carbocycles. The predicted octanol–water partition coefficient (Wildman–Crippen LogP) is 2.34. The van der Waals surface area contributed by atoms with Crippen molar-refractivity contribution in [3.63, 3.8) is 0 Å². The molecule has 1 fully saturated rings. The van der Waals surface area contributed by atoms with E-state index in [4.69, 9.17) is 14.2 Å². The van der Waals surface area contributed by atoms with E-state index < -0.39 is 10.0 Å². The van der Waals surface area contributed by atoms with Gasteiger partial charge in [-0.2, -0.15) is 13.5 Å². The standard InChI is InChI=1S/C23H28N4O6S.ClH/c1-31-18-5-7-22-19(15-18)23(25-34(22,29)30)27(9-3-8-26-10-12-33-13-11-26)24-16-17-4-6-20(28)21(14-17)32-2;/h4-7,14-16,28H,3,8-13H2,1-2H3;1H/b24-16+;. The summed E-state index contributed by atoms with van der Waals surface area (Å²) in [6.07, 6.45) is 2.33. The van der Waals surface area contributed by atoms with Gasteiger partial charge in [-0.25, -0.2) is 5.01 Å². The van der Waals surface area contributed by atoms with E-state index >= 15 is 0 Å². The molecule has 1 saturated heterocycles. The van der Waals surface area contributed by atoms with Gasteiger partial charge in [0.2, 0.25) is 0 Å². The Morgan fingerprint density at radius 3 is 2.66 bits per heavy atom. The van der Waals surface area contributed by atoms with Crippen LogP contribution in [0, 0.1) is 0 Å². The zero-order valence-corrected chi connectivity index (χ0v) is 21.2.